The molecule has 39 heavy (non-hydrogen) atoms. The summed E-state index contributed by atoms with van der Waals surface area (Å²) >= 11 is 0. The van der Waals surface area contributed by atoms with Gasteiger partial charge in [-0.2, -0.15) is 15.2 Å². The monoisotopic (exact) mass is 526 g/mol. The zero-order chi connectivity index (χ0) is 27.2. The summed E-state index contributed by atoms with van der Waals surface area (Å²) in [6, 6.07) is 13.2. The first kappa shape index (κ1) is 25.7. The van der Waals surface area contributed by atoms with Crippen LogP contribution in [0.5, 0.6) is 5.75 Å². The maximum Gasteiger partial charge on any atom is 0.247 e. The Morgan fingerprint density at radius 1 is 0.949 bits per heavy atom. The van der Waals surface area contributed by atoms with E-state index in [9.17, 15) is 4.79 Å². The average molecular weight is 527 g/mol. The van der Waals surface area contributed by atoms with Crippen molar-refractivity contribution in [3.8, 4) is 11.4 Å². The summed E-state index contributed by atoms with van der Waals surface area (Å²) in [7, 11) is 3.70. The second-order valence-electron chi connectivity index (χ2n) is 8.90. The lowest BCUT2D eigenvalue weighted by Gasteiger charge is -2.35. The number of para-hydroxylation sites is 2. The van der Waals surface area contributed by atoms with Crippen molar-refractivity contribution in [3.63, 3.8) is 0 Å². The molecule has 3 N–H and O–H groups in total. The maximum absolute atomic E-state index is 12.3. The van der Waals surface area contributed by atoms with Crippen molar-refractivity contribution in [1.29, 1.82) is 0 Å². The summed E-state index contributed by atoms with van der Waals surface area (Å²) in [6.45, 7) is 7.09. The van der Waals surface area contributed by atoms with Gasteiger partial charge in [-0.1, -0.05) is 18.7 Å². The van der Waals surface area contributed by atoms with Crippen LogP contribution in [0.3, 0.4) is 0 Å². The molecule has 1 saturated heterocycles. The Labute approximate surface area is 226 Å². The zero-order valence-electron chi connectivity index (χ0n) is 21.8. The Balaban J connectivity index is 1.43. The van der Waals surface area contributed by atoms with Crippen LogP contribution >= 0.6 is 0 Å². The molecule has 200 valence electrons. The van der Waals surface area contributed by atoms with Gasteiger partial charge in [0, 0.05) is 38.4 Å². The van der Waals surface area contributed by atoms with Crippen LogP contribution in [-0.2, 0) is 4.79 Å². The Bertz CT molecular complexity index is 1450. The van der Waals surface area contributed by atoms with Gasteiger partial charge in [-0.05, 0) is 37.4 Å². The smallest absolute Gasteiger partial charge is 0.247 e. The normalized spacial score (nSPS) is 13.5. The molecule has 2 aromatic carbocycles. The fraction of sp³-hybridized carbons (Fsp3) is 0.222. The largest absolute Gasteiger partial charge is 0.494 e. The molecule has 1 fully saturated rings. The van der Waals surface area contributed by atoms with Crippen LogP contribution in [-0.4, -0.2) is 76.1 Å². The van der Waals surface area contributed by atoms with E-state index in [1.165, 1.54) is 10.9 Å². The van der Waals surface area contributed by atoms with Crippen LogP contribution in [0.2, 0.25) is 0 Å². The third kappa shape index (κ3) is 5.96. The summed E-state index contributed by atoms with van der Waals surface area (Å²) in [5, 5.41) is 17.9. The van der Waals surface area contributed by atoms with E-state index < -0.39 is 0 Å². The molecular formula is C27H30N10O2. The first-order valence-corrected chi connectivity index (χ1v) is 12.5. The van der Waals surface area contributed by atoms with Gasteiger partial charge in [0.25, 0.3) is 0 Å². The van der Waals surface area contributed by atoms with E-state index in [0.717, 1.165) is 43.2 Å². The summed E-state index contributed by atoms with van der Waals surface area (Å²) in [6.07, 6.45) is 6.15. The summed E-state index contributed by atoms with van der Waals surface area (Å²) < 4.78 is 5.72. The van der Waals surface area contributed by atoms with Crippen molar-refractivity contribution >= 4 is 40.4 Å². The molecule has 1 aliphatic rings. The van der Waals surface area contributed by atoms with Gasteiger partial charge in [0.05, 0.1) is 42.3 Å². The average Bonchev–Trinajstić information content (AvgIpc) is 3.49. The minimum Gasteiger partial charge on any atom is -0.494 e. The van der Waals surface area contributed by atoms with E-state index in [4.69, 9.17) is 4.74 Å². The number of ether oxygens (including phenoxy) is 1. The fourth-order valence-corrected chi connectivity index (χ4v) is 4.27. The van der Waals surface area contributed by atoms with Gasteiger partial charge in [-0.25, -0.2) is 4.98 Å². The molecule has 4 aromatic rings. The van der Waals surface area contributed by atoms with Gasteiger partial charge in [-0.15, -0.1) is 4.80 Å². The number of likely N-dealkylation sites (N-methyl/N-ethyl adjacent to an activating group) is 1. The molecule has 12 nitrogen and oxygen atoms in total. The molecule has 0 radical (unpaired) electrons. The first-order valence-electron chi connectivity index (χ1n) is 12.5. The Hall–Kier alpha value is -4.97. The number of amides is 1. The van der Waals surface area contributed by atoms with E-state index >= 15 is 0 Å². The van der Waals surface area contributed by atoms with E-state index in [1.54, 1.807) is 31.8 Å². The van der Waals surface area contributed by atoms with Crippen molar-refractivity contribution in [2.45, 2.75) is 0 Å². The Kier molecular flexibility index (Phi) is 7.64. The number of anilines is 6. The zero-order valence-corrected chi connectivity index (χ0v) is 21.8. The standard InChI is InChI=1S/C27H30N10O2/c1-4-26(38)32-20-17-21(24(39-3)18-23(20)36-15-13-35(2)14-16-36)33-27-28-10-9-25(34-27)31-19-7-5-6-8-22(19)37-29-11-12-30-37/h4-12,17-18H,1,13-16H2,2-3H3,(H,32,38)(H2,28,31,33,34). The molecule has 1 amide bonds. The van der Waals surface area contributed by atoms with Crippen molar-refractivity contribution in [2.75, 3.05) is 61.2 Å². The van der Waals surface area contributed by atoms with Gasteiger partial charge < -0.3 is 30.5 Å². The number of nitrogens with one attached hydrogen (secondary N) is 3. The molecule has 0 bridgehead atoms. The Morgan fingerprint density at radius 2 is 1.72 bits per heavy atom. The van der Waals surface area contributed by atoms with Crippen LogP contribution in [0.4, 0.5) is 34.5 Å². The van der Waals surface area contributed by atoms with E-state index in [1.807, 2.05) is 36.4 Å². The lowest BCUT2D eigenvalue weighted by atomic mass is 10.1. The van der Waals surface area contributed by atoms with E-state index in [-0.39, 0.29) is 5.91 Å². The SMILES string of the molecule is C=CC(=O)Nc1cc(Nc2nccc(Nc3ccccc3-n3nccn3)n2)c(OC)cc1N1CCN(C)CC1. The molecule has 5 rings (SSSR count). The number of rotatable bonds is 9. The van der Waals surface area contributed by atoms with Gasteiger partial charge >= 0.3 is 0 Å². The molecule has 2 aromatic heterocycles. The second-order valence-corrected chi connectivity index (χ2v) is 8.90. The number of hydrogen-bond acceptors (Lipinski definition) is 10. The molecule has 0 aliphatic carbocycles. The first-order chi connectivity index (χ1) is 19.0. The molecular weight excluding hydrogens is 496 g/mol. The number of methoxy groups -OCH3 is 1. The number of piperazine rings is 1. The summed E-state index contributed by atoms with van der Waals surface area (Å²) in [5.41, 5.74) is 3.68. The number of carbonyl (C=O) groups is 1. The van der Waals surface area contributed by atoms with Crippen LogP contribution in [0.15, 0.2) is 73.7 Å². The molecule has 0 unspecified atom stereocenters. The number of nitrogens with zero attached hydrogens (tertiary/aromatic N) is 7. The van der Waals surface area contributed by atoms with E-state index in [2.05, 4.69) is 59.5 Å². The maximum atomic E-state index is 12.3. The molecule has 1 aliphatic heterocycles. The van der Waals surface area contributed by atoms with Crippen molar-refractivity contribution in [2.24, 2.45) is 0 Å². The highest BCUT2D eigenvalue weighted by atomic mass is 16.5. The lowest BCUT2D eigenvalue weighted by Crippen LogP contribution is -2.44. The highest BCUT2D eigenvalue weighted by Crippen LogP contribution is 2.38. The topological polar surface area (TPSA) is 125 Å². The Morgan fingerprint density at radius 3 is 2.46 bits per heavy atom. The van der Waals surface area contributed by atoms with Gasteiger partial charge in [0.2, 0.25) is 11.9 Å². The van der Waals surface area contributed by atoms with Crippen LogP contribution in [0.1, 0.15) is 0 Å². The van der Waals surface area contributed by atoms with E-state index in [0.29, 0.717) is 28.9 Å². The third-order valence-electron chi connectivity index (χ3n) is 6.31. The highest BCUT2D eigenvalue weighted by Gasteiger charge is 2.21. The van der Waals surface area contributed by atoms with Crippen molar-refractivity contribution in [3.05, 3.63) is 73.7 Å². The number of carbonyl (C=O) groups excluding carboxylic acids is 1. The molecule has 0 spiro atoms. The van der Waals surface area contributed by atoms with Gasteiger partial charge in [-0.3, -0.25) is 4.79 Å². The van der Waals surface area contributed by atoms with Crippen LogP contribution < -0.4 is 25.6 Å². The quantitative estimate of drug-likeness (QED) is 0.279. The highest BCUT2D eigenvalue weighted by molar-refractivity contribution is 6.02. The summed E-state index contributed by atoms with van der Waals surface area (Å²) in [4.78, 5) is 27.3. The molecule has 0 atom stereocenters. The number of benzene rings is 2. The fourth-order valence-electron chi connectivity index (χ4n) is 4.27. The van der Waals surface area contributed by atoms with Crippen molar-refractivity contribution < 1.29 is 9.53 Å². The summed E-state index contributed by atoms with van der Waals surface area (Å²) in [5.74, 6) is 1.22. The van der Waals surface area contributed by atoms with Crippen LogP contribution in [0.25, 0.3) is 5.69 Å². The van der Waals surface area contributed by atoms with Crippen molar-refractivity contribution in [1.82, 2.24) is 29.9 Å². The predicted molar refractivity (Wildman–Crippen MR) is 151 cm³/mol. The third-order valence-corrected chi connectivity index (χ3v) is 6.31. The molecule has 0 saturated carbocycles. The van der Waals surface area contributed by atoms with Gasteiger partial charge in [0.1, 0.15) is 17.3 Å². The minimum absolute atomic E-state index is 0.297. The second kappa shape index (κ2) is 11.6. The van der Waals surface area contributed by atoms with Gasteiger partial charge in [0.15, 0.2) is 0 Å². The lowest BCUT2D eigenvalue weighted by molar-refractivity contribution is -0.111. The minimum atomic E-state index is -0.297. The predicted octanol–water partition coefficient (Wildman–Crippen LogP) is 3.43. The van der Waals surface area contributed by atoms with Crippen LogP contribution in [0, 0.1) is 0 Å². The number of hydrogen-bond donors (Lipinski definition) is 3. The number of aromatic nitrogens is 5. The molecule has 3 heterocycles. The molecule has 12 heteroatoms.